The lowest BCUT2D eigenvalue weighted by molar-refractivity contribution is -0.0954. The van der Waals surface area contributed by atoms with Gasteiger partial charge in [-0.3, -0.25) is 0 Å². The Morgan fingerprint density at radius 2 is 1.94 bits per heavy atom. The molecule has 0 saturated heterocycles. The van der Waals surface area contributed by atoms with Crippen LogP contribution >= 0.6 is 0 Å². The number of fused-ring (bicyclic) bond motifs is 1. The smallest absolute Gasteiger partial charge is 0.114 e. The predicted octanol–water partition coefficient (Wildman–Crippen LogP) is 6.50. The molecule has 0 unspecified atom stereocenters. The molecule has 0 aliphatic heterocycles. The summed E-state index contributed by atoms with van der Waals surface area (Å²) in [5.74, 6) is 2.03. The summed E-state index contributed by atoms with van der Waals surface area (Å²) in [5.41, 5.74) is 2.96. The van der Waals surface area contributed by atoms with Gasteiger partial charge in [0.1, 0.15) is 12.2 Å². The third kappa shape index (κ3) is 6.89. The summed E-state index contributed by atoms with van der Waals surface area (Å²) in [6.45, 7) is 15.6. The molecule has 0 spiro atoms. The van der Waals surface area contributed by atoms with Crippen molar-refractivity contribution in [3.8, 4) is 0 Å². The molecule has 0 radical (unpaired) electrons. The monoisotopic (exact) mass is 488 g/mol. The summed E-state index contributed by atoms with van der Waals surface area (Å²) in [4.78, 5) is 0. The molecule has 3 rings (SSSR count). The molecule has 35 heavy (non-hydrogen) atoms. The molecule has 0 aromatic heterocycles. The Kier molecular flexibility index (Phi) is 9.87. The lowest BCUT2D eigenvalue weighted by atomic mass is 9.60. The van der Waals surface area contributed by atoms with E-state index in [1.807, 2.05) is 13.8 Å². The van der Waals surface area contributed by atoms with Crippen molar-refractivity contribution < 1.29 is 20.1 Å². The van der Waals surface area contributed by atoms with E-state index in [-0.39, 0.29) is 0 Å². The van der Waals surface area contributed by atoms with Gasteiger partial charge in [0.05, 0.1) is 11.7 Å². The molecule has 0 aromatic rings. The quantitative estimate of drug-likeness (QED) is 0.307. The van der Waals surface area contributed by atoms with Gasteiger partial charge in [0, 0.05) is 13.0 Å². The van der Waals surface area contributed by atoms with Crippen molar-refractivity contribution in [1.29, 1.82) is 0 Å². The van der Waals surface area contributed by atoms with Crippen molar-refractivity contribution >= 4 is 0 Å². The van der Waals surface area contributed by atoms with Crippen LogP contribution in [0.25, 0.3) is 0 Å². The second-order valence-corrected chi connectivity index (χ2v) is 12.6. The van der Waals surface area contributed by atoms with Crippen LogP contribution in [0.1, 0.15) is 105 Å². The Morgan fingerprint density at radius 1 is 1.20 bits per heavy atom. The molecule has 0 bridgehead atoms. The molecular weight excluding hydrogens is 436 g/mol. The van der Waals surface area contributed by atoms with Crippen molar-refractivity contribution in [1.82, 2.24) is 0 Å². The van der Waals surface area contributed by atoms with Crippen molar-refractivity contribution in [2.24, 2.45) is 23.2 Å². The topological polar surface area (TPSA) is 69.9 Å². The van der Waals surface area contributed by atoms with E-state index >= 15 is 0 Å². The van der Waals surface area contributed by atoms with Crippen LogP contribution in [-0.4, -0.2) is 45.8 Å². The second kappa shape index (κ2) is 12.1. The van der Waals surface area contributed by atoms with Crippen molar-refractivity contribution in [2.45, 2.75) is 129 Å². The van der Waals surface area contributed by atoms with Crippen molar-refractivity contribution in [3.63, 3.8) is 0 Å². The van der Waals surface area contributed by atoms with Crippen LogP contribution in [0.5, 0.6) is 0 Å². The van der Waals surface area contributed by atoms with Crippen LogP contribution in [0, 0.1) is 23.2 Å². The molecule has 3 saturated carbocycles. The highest BCUT2D eigenvalue weighted by atomic mass is 16.5. The first-order chi connectivity index (χ1) is 16.5. The summed E-state index contributed by atoms with van der Waals surface area (Å²) in [7, 11) is 0. The molecule has 4 heteroatoms. The highest BCUT2D eigenvalue weighted by molar-refractivity contribution is 5.40. The number of aliphatic hydroxyl groups is 3. The Hall–Kier alpha value is -0.940. The summed E-state index contributed by atoms with van der Waals surface area (Å²) < 4.78 is 5.79. The minimum absolute atomic E-state index is 0.345. The Bertz CT molecular complexity index is 775. The van der Waals surface area contributed by atoms with Crippen LogP contribution in [0.2, 0.25) is 0 Å². The van der Waals surface area contributed by atoms with Gasteiger partial charge in [0.25, 0.3) is 0 Å². The highest BCUT2D eigenvalue weighted by Gasteiger charge is 2.50. The van der Waals surface area contributed by atoms with E-state index in [4.69, 9.17) is 4.74 Å². The first kappa shape index (κ1) is 28.6. The first-order valence-electron chi connectivity index (χ1n) is 14.3. The zero-order valence-electron chi connectivity index (χ0n) is 23.1. The number of allylic oxidation sites excluding steroid dienone is 3. The third-order valence-electron chi connectivity index (χ3n) is 9.37. The molecule has 3 aliphatic rings. The third-order valence-corrected chi connectivity index (χ3v) is 9.37. The van der Waals surface area contributed by atoms with E-state index < -0.39 is 23.9 Å². The average molecular weight is 489 g/mol. The maximum absolute atomic E-state index is 10.8. The van der Waals surface area contributed by atoms with Crippen LogP contribution in [0.4, 0.5) is 0 Å². The minimum atomic E-state index is -0.850. The molecule has 0 amide bonds. The van der Waals surface area contributed by atoms with Gasteiger partial charge in [0.15, 0.2) is 0 Å². The van der Waals surface area contributed by atoms with E-state index in [9.17, 15) is 15.3 Å². The van der Waals surface area contributed by atoms with Gasteiger partial charge in [-0.15, -0.1) is 0 Å². The highest BCUT2D eigenvalue weighted by Crippen LogP contribution is 2.60. The van der Waals surface area contributed by atoms with E-state index in [1.54, 1.807) is 0 Å². The zero-order chi connectivity index (χ0) is 25.8. The molecule has 3 N–H and O–H groups in total. The molecule has 0 heterocycles. The lowest BCUT2D eigenvalue weighted by Crippen LogP contribution is -2.45. The Labute approximate surface area is 214 Å². The van der Waals surface area contributed by atoms with Gasteiger partial charge in [-0.25, -0.2) is 0 Å². The number of aliphatic hydroxyl groups excluding tert-OH is 2. The number of hydrogen-bond donors (Lipinski definition) is 3. The van der Waals surface area contributed by atoms with E-state index in [1.165, 1.54) is 37.7 Å². The summed E-state index contributed by atoms with van der Waals surface area (Å²) >= 11 is 0. The van der Waals surface area contributed by atoms with Gasteiger partial charge >= 0.3 is 0 Å². The summed E-state index contributed by atoms with van der Waals surface area (Å²) in [6, 6.07) is 0. The molecular formula is C31H52O4. The normalized spacial score (nSPS) is 37.1. The predicted molar refractivity (Wildman–Crippen MR) is 144 cm³/mol. The Balaban J connectivity index is 1.67. The average Bonchev–Trinajstić information content (AvgIpc) is 3.14. The fourth-order valence-corrected chi connectivity index (χ4v) is 7.29. The number of ether oxygens (including phenoxy) is 1. The summed E-state index contributed by atoms with van der Waals surface area (Å²) in [6.07, 6.45) is 14.1. The number of unbranched alkanes of at least 4 members (excludes halogenated alkanes) is 1. The van der Waals surface area contributed by atoms with E-state index in [2.05, 4.69) is 39.5 Å². The Morgan fingerprint density at radius 3 is 2.63 bits per heavy atom. The standard InChI is InChI=1S/C31H52O4/c1-7-8-19-35-29-27(32)20-24(22(3)28(29)33)14-13-23-12-10-18-31(6)25(15-16-26(23)31)21(2)11-9-17-30(4,5)34/h13-14,21,25-29,32-34H,3,7-12,15-20H2,1-2,4-6H3/b23-13+,24-14-/t21-,25-,26+,27-,28-,29-,31-/m1/s1. The number of hydrogen-bond acceptors (Lipinski definition) is 4. The van der Waals surface area contributed by atoms with Crippen LogP contribution < -0.4 is 0 Å². The largest absolute Gasteiger partial charge is 0.390 e. The van der Waals surface area contributed by atoms with Crippen molar-refractivity contribution in [2.75, 3.05) is 6.61 Å². The van der Waals surface area contributed by atoms with Gasteiger partial charge in [-0.05, 0) is 93.1 Å². The van der Waals surface area contributed by atoms with E-state index in [0.29, 0.717) is 35.9 Å². The van der Waals surface area contributed by atoms with Gasteiger partial charge in [-0.1, -0.05) is 64.3 Å². The van der Waals surface area contributed by atoms with Crippen LogP contribution in [-0.2, 0) is 4.74 Å². The molecule has 200 valence electrons. The molecule has 4 nitrogen and oxygen atoms in total. The minimum Gasteiger partial charge on any atom is -0.390 e. The van der Waals surface area contributed by atoms with Crippen LogP contribution in [0.3, 0.4) is 0 Å². The van der Waals surface area contributed by atoms with E-state index in [0.717, 1.165) is 43.6 Å². The molecule has 3 aliphatic carbocycles. The maximum atomic E-state index is 10.8. The van der Waals surface area contributed by atoms with Gasteiger partial charge in [0.2, 0.25) is 0 Å². The molecule has 0 aromatic carbocycles. The van der Waals surface area contributed by atoms with Crippen LogP contribution in [0.15, 0.2) is 35.5 Å². The molecule has 7 atom stereocenters. The second-order valence-electron chi connectivity index (χ2n) is 12.6. The lowest BCUT2D eigenvalue weighted by Gasteiger charge is -2.44. The number of rotatable bonds is 10. The van der Waals surface area contributed by atoms with Gasteiger partial charge < -0.3 is 20.1 Å². The van der Waals surface area contributed by atoms with Gasteiger partial charge in [-0.2, -0.15) is 0 Å². The summed E-state index contributed by atoms with van der Waals surface area (Å²) in [5, 5.41) is 31.5. The first-order valence-corrected chi connectivity index (χ1v) is 14.3. The fourth-order valence-electron chi connectivity index (χ4n) is 7.29. The molecule has 3 fully saturated rings. The fraction of sp³-hybridized carbons (Fsp3) is 0.806. The maximum Gasteiger partial charge on any atom is 0.114 e. The SMILES string of the molecule is C=C1/C(=C\C=C2/CCC[C@]3(C)[C@@H]([C@H](C)CCCC(C)(C)O)CC[C@@H]23)C[C@@H](O)[C@@H](OCCCC)[C@@H]1O. The van der Waals surface area contributed by atoms with Crippen molar-refractivity contribution in [3.05, 3.63) is 35.5 Å². The zero-order valence-corrected chi connectivity index (χ0v) is 23.1.